The normalized spacial score (nSPS) is 13.3. The molecule has 0 saturated carbocycles. The summed E-state index contributed by atoms with van der Waals surface area (Å²) in [6, 6.07) is 9.01. The molecule has 0 bridgehead atoms. The van der Waals surface area contributed by atoms with Crippen LogP contribution in [-0.2, 0) is 0 Å². The fourth-order valence-corrected chi connectivity index (χ4v) is 1.95. The van der Waals surface area contributed by atoms with E-state index < -0.39 is 0 Å². The second-order valence-corrected chi connectivity index (χ2v) is 3.84. The van der Waals surface area contributed by atoms with Gasteiger partial charge in [-0.2, -0.15) is 0 Å². The molecule has 74 valence electrons. The van der Waals surface area contributed by atoms with Gasteiger partial charge in [0.2, 0.25) is 6.33 Å². The standard InChI is InChI=1S/C12H16N2/c1-3-6-10(2)14-9-13-11-7-4-5-8-12(11)14/h4-5,7-10H,3,6H2,1-2H3/p+1. The van der Waals surface area contributed by atoms with Crippen LogP contribution in [0, 0.1) is 0 Å². The van der Waals surface area contributed by atoms with Crippen molar-refractivity contribution in [1.29, 1.82) is 0 Å². The summed E-state index contributed by atoms with van der Waals surface area (Å²) >= 11 is 0. The van der Waals surface area contributed by atoms with Gasteiger partial charge in [0.1, 0.15) is 0 Å². The third-order valence-electron chi connectivity index (χ3n) is 2.72. The number of imidazole rings is 1. The Kier molecular flexibility index (Phi) is 2.53. The molecule has 1 atom stereocenters. The Bertz CT molecular complexity index is 417. The predicted molar refractivity (Wildman–Crippen MR) is 58.1 cm³/mol. The first-order valence-corrected chi connectivity index (χ1v) is 5.30. The van der Waals surface area contributed by atoms with Gasteiger partial charge in [-0.1, -0.05) is 25.5 Å². The summed E-state index contributed by atoms with van der Waals surface area (Å²) in [6.45, 7) is 4.50. The summed E-state index contributed by atoms with van der Waals surface area (Å²) in [5.41, 5.74) is 2.52. The Balaban J connectivity index is 2.42. The van der Waals surface area contributed by atoms with Gasteiger partial charge in [-0.15, -0.1) is 0 Å². The summed E-state index contributed by atoms with van der Waals surface area (Å²) in [6.07, 6.45) is 4.53. The van der Waals surface area contributed by atoms with Crippen molar-refractivity contribution in [3.63, 3.8) is 0 Å². The summed E-state index contributed by atoms with van der Waals surface area (Å²) in [5, 5.41) is 0. The summed E-state index contributed by atoms with van der Waals surface area (Å²) in [7, 11) is 0. The number of hydrogen-bond donors (Lipinski definition) is 1. The van der Waals surface area contributed by atoms with E-state index in [0.29, 0.717) is 6.04 Å². The van der Waals surface area contributed by atoms with Crippen molar-refractivity contribution in [3.8, 4) is 0 Å². The molecule has 1 heterocycles. The second-order valence-electron chi connectivity index (χ2n) is 3.84. The minimum Gasteiger partial charge on any atom is -0.243 e. The third-order valence-corrected chi connectivity index (χ3v) is 2.72. The van der Waals surface area contributed by atoms with Gasteiger partial charge in [-0.05, 0) is 25.5 Å². The Hall–Kier alpha value is -1.31. The number of para-hydroxylation sites is 2. The number of benzene rings is 1. The molecule has 1 N–H and O–H groups in total. The summed E-state index contributed by atoms with van der Waals surface area (Å²) in [5.74, 6) is 0. The van der Waals surface area contributed by atoms with E-state index in [1.165, 1.54) is 23.9 Å². The average Bonchev–Trinajstić information content (AvgIpc) is 2.61. The molecule has 0 spiro atoms. The highest BCUT2D eigenvalue weighted by molar-refractivity contribution is 5.70. The zero-order valence-corrected chi connectivity index (χ0v) is 8.83. The zero-order chi connectivity index (χ0) is 9.97. The Labute approximate surface area is 84.6 Å². The lowest BCUT2D eigenvalue weighted by molar-refractivity contribution is -0.695. The van der Waals surface area contributed by atoms with Gasteiger partial charge in [0.25, 0.3) is 0 Å². The molecule has 0 amide bonds. The topological polar surface area (TPSA) is 19.7 Å². The molecule has 1 aromatic heterocycles. The van der Waals surface area contributed by atoms with Crippen LogP contribution in [0.15, 0.2) is 30.6 Å². The smallest absolute Gasteiger partial charge is 0.242 e. The highest BCUT2D eigenvalue weighted by atomic mass is 15.1. The van der Waals surface area contributed by atoms with Crippen LogP contribution in [0.1, 0.15) is 32.7 Å². The SMILES string of the molecule is CCCC(C)[n+]1c[nH]c2ccccc21. The number of aromatic nitrogens is 2. The molecule has 1 aromatic carbocycles. The highest BCUT2D eigenvalue weighted by Crippen LogP contribution is 2.11. The summed E-state index contributed by atoms with van der Waals surface area (Å²) < 4.78 is 2.32. The van der Waals surface area contributed by atoms with Gasteiger partial charge >= 0.3 is 0 Å². The molecule has 2 rings (SSSR count). The lowest BCUT2D eigenvalue weighted by Gasteiger charge is -2.06. The quantitative estimate of drug-likeness (QED) is 0.716. The lowest BCUT2D eigenvalue weighted by atomic mass is 10.2. The maximum atomic E-state index is 3.29. The zero-order valence-electron chi connectivity index (χ0n) is 8.83. The van der Waals surface area contributed by atoms with E-state index in [2.05, 4.69) is 54.0 Å². The number of fused-ring (bicyclic) bond motifs is 1. The molecule has 2 heteroatoms. The van der Waals surface area contributed by atoms with Gasteiger partial charge in [-0.3, -0.25) is 0 Å². The molecule has 14 heavy (non-hydrogen) atoms. The second kappa shape index (κ2) is 3.82. The van der Waals surface area contributed by atoms with Crippen LogP contribution in [0.2, 0.25) is 0 Å². The van der Waals surface area contributed by atoms with Crippen LogP contribution in [0.3, 0.4) is 0 Å². The number of aromatic amines is 1. The molecular weight excluding hydrogens is 172 g/mol. The van der Waals surface area contributed by atoms with Crippen molar-refractivity contribution in [2.24, 2.45) is 0 Å². The van der Waals surface area contributed by atoms with Crippen molar-refractivity contribution in [3.05, 3.63) is 30.6 Å². The van der Waals surface area contributed by atoms with Crippen LogP contribution in [0.25, 0.3) is 11.0 Å². The van der Waals surface area contributed by atoms with Gasteiger partial charge in [0.15, 0.2) is 11.0 Å². The number of hydrogen-bond acceptors (Lipinski definition) is 0. The van der Waals surface area contributed by atoms with Crippen molar-refractivity contribution in [1.82, 2.24) is 4.98 Å². The first kappa shape index (κ1) is 9.25. The van der Waals surface area contributed by atoms with Crippen molar-refractivity contribution in [2.45, 2.75) is 32.7 Å². The predicted octanol–water partition coefficient (Wildman–Crippen LogP) is 2.82. The number of nitrogens with zero attached hydrogens (tertiary/aromatic N) is 1. The van der Waals surface area contributed by atoms with Gasteiger partial charge in [0, 0.05) is 0 Å². The van der Waals surface area contributed by atoms with Gasteiger partial charge < -0.3 is 0 Å². The molecule has 0 aliphatic heterocycles. The fourth-order valence-electron chi connectivity index (χ4n) is 1.95. The van der Waals surface area contributed by atoms with Gasteiger partial charge in [0.05, 0.1) is 6.04 Å². The molecule has 0 radical (unpaired) electrons. The van der Waals surface area contributed by atoms with E-state index in [-0.39, 0.29) is 0 Å². The molecular formula is C12H17N2+. The van der Waals surface area contributed by atoms with E-state index in [4.69, 9.17) is 0 Å². The van der Waals surface area contributed by atoms with E-state index >= 15 is 0 Å². The van der Waals surface area contributed by atoms with E-state index in [1.807, 2.05) is 0 Å². The first-order chi connectivity index (χ1) is 6.83. The van der Waals surface area contributed by atoms with Crippen LogP contribution < -0.4 is 4.57 Å². The van der Waals surface area contributed by atoms with Crippen molar-refractivity contribution in [2.75, 3.05) is 0 Å². The Morgan fingerprint density at radius 3 is 2.93 bits per heavy atom. The average molecular weight is 189 g/mol. The third kappa shape index (κ3) is 1.52. The molecule has 0 fully saturated rings. The highest BCUT2D eigenvalue weighted by Gasteiger charge is 2.13. The lowest BCUT2D eigenvalue weighted by Crippen LogP contribution is -2.36. The van der Waals surface area contributed by atoms with E-state index in [0.717, 1.165) is 0 Å². The molecule has 0 aliphatic carbocycles. The molecule has 2 aromatic rings. The largest absolute Gasteiger partial charge is 0.243 e. The Morgan fingerprint density at radius 1 is 1.36 bits per heavy atom. The molecule has 0 aliphatic rings. The maximum absolute atomic E-state index is 3.29. The van der Waals surface area contributed by atoms with Crippen LogP contribution >= 0.6 is 0 Å². The monoisotopic (exact) mass is 189 g/mol. The molecule has 0 saturated heterocycles. The van der Waals surface area contributed by atoms with Crippen LogP contribution in [0.4, 0.5) is 0 Å². The Morgan fingerprint density at radius 2 is 2.14 bits per heavy atom. The number of rotatable bonds is 3. The minimum absolute atomic E-state index is 0.580. The maximum Gasteiger partial charge on any atom is 0.242 e. The number of H-pyrrole nitrogens is 1. The minimum atomic E-state index is 0.580. The van der Waals surface area contributed by atoms with Crippen molar-refractivity contribution < 1.29 is 4.57 Å². The van der Waals surface area contributed by atoms with Crippen LogP contribution in [-0.4, -0.2) is 4.98 Å². The van der Waals surface area contributed by atoms with Gasteiger partial charge in [-0.25, -0.2) is 9.55 Å². The fraction of sp³-hybridized carbons (Fsp3) is 0.417. The first-order valence-electron chi connectivity index (χ1n) is 5.30. The van der Waals surface area contributed by atoms with Crippen molar-refractivity contribution >= 4 is 11.0 Å². The van der Waals surface area contributed by atoms with E-state index in [9.17, 15) is 0 Å². The summed E-state index contributed by atoms with van der Waals surface area (Å²) in [4.78, 5) is 3.29. The molecule has 1 unspecified atom stereocenters. The number of nitrogens with one attached hydrogen (secondary N) is 1. The van der Waals surface area contributed by atoms with Crippen LogP contribution in [0.5, 0.6) is 0 Å². The van der Waals surface area contributed by atoms with E-state index in [1.54, 1.807) is 0 Å². The molecule has 2 nitrogen and oxygen atoms in total.